The van der Waals surface area contributed by atoms with Crippen molar-refractivity contribution in [2.45, 2.75) is 77.0 Å². The molecule has 2 aliphatic heterocycles. The van der Waals surface area contributed by atoms with Gasteiger partial charge in [-0.25, -0.2) is 0 Å². The van der Waals surface area contributed by atoms with E-state index < -0.39 is 24.0 Å². The fourth-order valence-electron chi connectivity index (χ4n) is 7.10. The number of benzene rings is 4. The summed E-state index contributed by atoms with van der Waals surface area (Å²) in [6.07, 6.45) is -0.701. The van der Waals surface area contributed by atoms with Crippen molar-refractivity contribution in [1.82, 2.24) is 10.2 Å². The Bertz CT molecular complexity index is 1830. The largest absolute Gasteiger partial charge is 0.453 e. The van der Waals surface area contributed by atoms with Gasteiger partial charge in [-0.2, -0.15) is 0 Å². The number of aliphatic hydroxyl groups is 2. The molecule has 5 unspecified atom stereocenters. The van der Waals surface area contributed by atoms with Gasteiger partial charge in [0.15, 0.2) is 12.4 Å². The first-order valence-corrected chi connectivity index (χ1v) is 18.2. The Labute approximate surface area is 310 Å². The van der Waals surface area contributed by atoms with Crippen molar-refractivity contribution in [3.8, 4) is 11.1 Å². The smallest absolute Gasteiger partial charge is 0.303 e. The van der Waals surface area contributed by atoms with E-state index in [0.29, 0.717) is 24.4 Å². The third kappa shape index (κ3) is 9.09. The van der Waals surface area contributed by atoms with Crippen LogP contribution in [0.25, 0.3) is 11.1 Å². The highest BCUT2D eigenvalue weighted by Gasteiger charge is 2.41. The second kappa shape index (κ2) is 16.7. The lowest BCUT2D eigenvalue weighted by Crippen LogP contribution is -2.49. The maximum atomic E-state index is 12.4. The molecule has 4 aromatic rings. The number of hydrogen-bond donors (Lipinski definition) is 3. The van der Waals surface area contributed by atoms with E-state index in [1.54, 1.807) is 6.92 Å². The molecule has 0 saturated carbocycles. The maximum Gasteiger partial charge on any atom is 0.303 e. The van der Waals surface area contributed by atoms with Crippen molar-refractivity contribution in [2.24, 2.45) is 5.92 Å². The number of aliphatic hydroxyl groups excluding tert-OH is 1. The van der Waals surface area contributed by atoms with Gasteiger partial charge >= 0.3 is 5.97 Å². The van der Waals surface area contributed by atoms with Gasteiger partial charge in [0.2, 0.25) is 0 Å². The summed E-state index contributed by atoms with van der Waals surface area (Å²) in [4.78, 5) is 26.0. The molecule has 2 saturated heterocycles. The zero-order valence-corrected chi connectivity index (χ0v) is 30.6. The molecular formula is C42H47ClN2O7. The molecule has 274 valence electrons. The number of hydrogen-bond acceptors (Lipinski definition) is 8. The molecule has 5 atom stereocenters. The van der Waals surface area contributed by atoms with E-state index in [4.69, 9.17) is 25.8 Å². The van der Waals surface area contributed by atoms with Crippen molar-refractivity contribution < 1.29 is 34.0 Å². The molecule has 2 fully saturated rings. The van der Waals surface area contributed by atoms with Crippen LogP contribution in [0.5, 0.6) is 0 Å². The number of ether oxygens (including phenoxy) is 3. The zero-order chi connectivity index (χ0) is 36.8. The predicted molar refractivity (Wildman–Crippen MR) is 199 cm³/mol. The Morgan fingerprint density at radius 3 is 2.27 bits per heavy atom. The van der Waals surface area contributed by atoms with Crippen molar-refractivity contribution in [3.05, 3.63) is 130 Å². The van der Waals surface area contributed by atoms with Crippen LogP contribution < -0.4 is 5.32 Å². The molecule has 2 aliphatic rings. The summed E-state index contributed by atoms with van der Waals surface area (Å²) in [6, 6.07) is 31.4. The zero-order valence-electron chi connectivity index (χ0n) is 29.8. The summed E-state index contributed by atoms with van der Waals surface area (Å²) in [7, 11) is 0. The molecule has 4 aromatic carbocycles. The Morgan fingerprint density at radius 2 is 1.60 bits per heavy atom. The first kappa shape index (κ1) is 37.7. The molecular weight excluding hydrogens is 680 g/mol. The summed E-state index contributed by atoms with van der Waals surface area (Å²) in [6.45, 7) is 7.38. The lowest BCUT2D eigenvalue weighted by molar-refractivity contribution is -0.277. The molecule has 52 heavy (non-hydrogen) atoms. The van der Waals surface area contributed by atoms with Gasteiger partial charge in [0, 0.05) is 49.6 Å². The number of carbonyl (C=O) groups is 2. The van der Waals surface area contributed by atoms with Crippen LogP contribution in [-0.2, 0) is 42.6 Å². The lowest BCUT2D eigenvalue weighted by atomic mass is 9.84. The molecule has 1 amide bonds. The maximum absolute atomic E-state index is 12.4. The second-order valence-corrected chi connectivity index (χ2v) is 14.4. The molecule has 0 aromatic heterocycles. The molecule has 0 radical (unpaired) electrons. The number of rotatable bonds is 11. The Morgan fingerprint density at radius 1 is 0.923 bits per heavy atom. The third-order valence-corrected chi connectivity index (χ3v) is 10.5. The van der Waals surface area contributed by atoms with E-state index in [1.807, 2.05) is 91.0 Å². The van der Waals surface area contributed by atoms with Gasteiger partial charge in [0.05, 0.1) is 24.4 Å². The van der Waals surface area contributed by atoms with Crippen LogP contribution >= 0.6 is 11.6 Å². The molecule has 3 N–H and O–H groups in total. The normalized spacial score (nSPS) is 22.3. The molecule has 0 bridgehead atoms. The average molecular weight is 727 g/mol. The summed E-state index contributed by atoms with van der Waals surface area (Å²) in [5.74, 6) is -0.844. The average Bonchev–Trinajstić information content (AvgIpc) is 3.15. The van der Waals surface area contributed by atoms with Crippen LogP contribution in [0.3, 0.4) is 0 Å². The quantitative estimate of drug-likeness (QED) is 0.144. The van der Waals surface area contributed by atoms with Gasteiger partial charge in [-0.15, -0.1) is 0 Å². The second-order valence-electron chi connectivity index (χ2n) is 14.0. The number of carbonyl (C=O) groups excluding carboxylic acids is 2. The number of nitrogens with one attached hydrogen (secondary N) is 1. The van der Waals surface area contributed by atoms with Crippen molar-refractivity contribution >= 4 is 23.5 Å². The van der Waals surface area contributed by atoms with Crippen LogP contribution in [0.15, 0.2) is 97.1 Å². The first-order chi connectivity index (χ1) is 25.0. The van der Waals surface area contributed by atoms with Crippen LogP contribution in [0.4, 0.5) is 0 Å². The van der Waals surface area contributed by atoms with E-state index >= 15 is 0 Å². The monoisotopic (exact) mass is 726 g/mol. The molecule has 10 heteroatoms. The number of nitrogens with zero attached hydrogens (tertiary/aromatic N) is 1. The SMILES string of the molecule is CC(=O)OC(C)C(=O)NCc1cccc(-c2cccc(C3OC(CN4CCC(O)(c5ccc(Cl)cc5)CC4)C(C)C(c4ccc(CO)cc4)O3)c2)c1. The van der Waals surface area contributed by atoms with E-state index in [2.05, 4.69) is 23.2 Å². The molecule has 0 spiro atoms. The van der Waals surface area contributed by atoms with E-state index in [0.717, 1.165) is 52.0 Å². The summed E-state index contributed by atoms with van der Waals surface area (Å²) in [5, 5.41) is 24.6. The summed E-state index contributed by atoms with van der Waals surface area (Å²) >= 11 is 6.11. The van der Waals surface area contributed by atoms with Crippen LogP contribution in [0.2, 0.25) is 5.02 Å². The number of halogens is 1. The standard InChI is InChI=1S/C42H47ClN2O7/c1-27-38(25-45-20-18-42(49,19-21-45)36-14-16-37(43)17-15-36)51-41(52-39(27)32-12-10-30(26-46)11-13-32)35-9-5-8-34(23-35)33-7-4-6-31(22-33)24-44-40(48)28(2)50-29(3)47/h4-17,22-23,27-28,38-39,41,46,49H,18-21,24-26H2,1-3H3,(H,44,48). The minimum absolute atomic E-state index is 0.0203. The fourth-order valence-corrected chi connectivity index (χ4v) is 7.22. The predicted octanol–water partition coefficient (Wildman–Crippen LogP) is 6.84. The van der Waals surface area contributed by atoms with Crippen molar-refractivity contribution in [2.75, 3.05) is 19.6 Å². The van der Waals surface area contributed by atoms with Crippen molar-refractivity contribution in [3.63, 3.8) is 0 Å². The van der Waals surface area contributed by atoms with Gasteiger partial charge in [-0.3, -0.25) is 9.59 Å². The highest BCUT2D eigenvalue weighted by atomic mass is 35.5. The molecule has 6 rings (SSSR count). The topological polar surface area (TPSA) is 118 Å². The van der Waals surface area contributed by atoms with Gasteiger partial charge in [0.25, 0.3) is 5.91 Å². The van der Waals surface area contributed by atoms with Gasteiger partial charge in [-0.05, 0) is 77.4 Å². The Hall–Kier alpha value is -4.09. The molecule has 0 aliphatic carbocycles. The molecule has 9 nitrogen and oxygen atoms in total. The summed E-state index contributed by atoms with van der Waals surface area (Å²) < 4.78 is 18.5. The van der Waals surface area contributed by atoms with Crippen LogP contribution in [0.1, 0.15) is 73.8 Å². The van der Waals surface area contributed by atoms with Gasteiger partial charge in [-0.1, -0.05) is 91.3 Å². The lowest BCUT2D eigenvalue weighted by Gasteiger charge is -2.45. The highest BCUT2D eigenvalue weighted by molar-refractivity contribution is 6.30. The Balaban J connectivity index is 1.19. The van der Waals surface area contributed by atoms with E-state index in [9.17, 15) is 19.8 Å². The fraction of sp³-hybridized carbons (Fsp3) is 0.381. The number of likely N-dealkylation sites (tertiary alicyclic amines) is 1. The first-order valence-electron chi connectivity index (χ1n) is 17.9. The number of piperidine rings is 1. The minimum atomic E-state index is -0.894. The molecule has 2 heterocycles. The van der Waals surface area contributed by atoms with E-state index in [1.165, 1.54) is 6.92 Å². The minimum Gasteiger partial charge on any atom is -0.453 e. The third-order valence-electron chi connectivity index (χ3n) is 10.2. The van der Waals surface area contributed by atoms with Crippen LogP contribution in [0, 0.1) is 5.92 Å². The summed E-state index contributed by atoms with van der Waals surface area (Å²) in [5.41, 5.74) is 5.59. The van der Waals surface area contributed by atoms with Gasteiger partial charge in [0.1, 0.15) is 0 Å². The van der Waals surface area contributed by atoms with Crippen LogP contribution in [-0.4, -0.2) is 58.8 Å². The Kier molecular flexibility index (Phi) is 12.1. The highest BCUT2D eigenvalue weighted by Crippen LogP contribution is 2.43. The number of esters is 1. The van der Waals surface area contributed by atoms with Crippen molar-refractivity contribution in [1.29, 1.82) is 0 Å². The van der Waals surface area contributed by atoms with E-state index in [-0.39, 0.29) is 37.2 Å². The number of amides is 1. The van der Waals surface area contributed by atoms with Gasteiger partial charge < -0.3 is 34.6 Å².